The first kappa shape index (κ1) is 12.3. The molecule has 2 aliphatic rings. The Balaban J connectivity index is 1.75. The van der Waals surface area contributed by atoms with E-state index in [1.165, 1.54) is 12.8 Å². The van der Waals surface area contributed by atoms with Crippen molar-refractivity contribution in [3.05, 3.63) is 42.1 Å². The lowest BCUT2D eigenvalue weighted by Gasteiger charge is -2.42. The molecule has 2 unspecified atom stereocenters. The zero-order valence-electron chi connectivity index (χ0n) is 11.8. The quantitative estimate of drug-likeness (QED) is 0.864. The van der Waals surface area contributed by atoms with Gasteiger partial charge in [0.15, 0.2) is 0 Å². The second-order valence-corrected chi connectivity index (χ2v) is 6.40. The highest BCUT2D eigenvalue weighted by atomic mass is 16.3. The maximum atomic E-state index is 11.2. The normalized spacial score (nSPS) is 33.7. The van der Waals surface area contributed by atoms with Gasteiger partial charge in [-0.15, -0.1) is 0 Å². The molecule has 0 amide bonds. The SMILES string of the molecule is CN1C2CCC1CC(O)(c1ccc3ncccc3c1)C2. The smallest absolute Gasteiger partial charge is 0.0926 e. The number of benzene rings is 1. The molecule has 0 spiro atoms. The Labute approximate surface area is 119 Å². The molecule has 3 heterocycles. The van der Waals surface area contributed by atoms with Crippen molar-refractivity contribution in [2.24, 2.45) is 0 Å². The van der Waals surface area contributed by atoms with Gasteiger partial charge in [0.2, 0.25) is 0 Å². The summed E-state index contributed by atoms with van der Waals surface area (Å²) in [4.78, 5) is 6.81. The number of piperidine rings is 1. The average molecular weight is 268 g/mol. The summed E-state index contributed by atoms with van der Waals surface area (Å²) in [6.45, 7) is 0. The second-order valence-electron chi connectivity index (χ2n) is 6.40. The van der Waals surface area contributed by atoms with Crippen molar-refractivity contribution in [2.75, 3.05) is 7.05 Å². The van der Waals surface area contributed by atoms with Crippen LogP contribution in [0.25, 0.3) is 10.9 Å². The summed E-state index contributed by atoms with van der Waals surface area (Å²) in [7, 11) is 2.20. The first-order chi connectivity index (χ1) is 9.66. The molecule has 1 aromatic heterocycles. The lowest BCUT2D eigenvalue weighted by atomic mass is 9.80. The minimum Gasteiger partial charge on any atom is -0.385 e. The van der Waals surface area contributed by atoms with E-state index in [4.69, 9.17) is 0 Å². The summed E-state index contributed by atoms with van der Waals surface area (Å²) in [5, 5.41) is 12.3. The van der Waals surface area contributed by atoms with Crippen LogP contribution in [0.1, 0.15) is 31.2 Å². The van der Waals surface area contributed by atoms with Gasteiger partial charge in [-0.3, -0.25) is 4.98 Å². The fourth-order valence-electron chi connectivity index (χ4n) is 4.05. The number of hydrogen-bond acceptors (Lipinski definition) is 3. The molecule has 104 valence electrons. The zero-order chi connectivity index (χ0) is 13.7. The largest absolute Gasteiger partial charge is 0.385 e. The fraction of sp³-hybridized carbons (Fsp3) is 0.471. The standard InChI is InChI=1S/C17H20N2O/c1-19-14-5-6-15(19)11-17(20,10-14)13-4-7-16-12(9-13)3-2-8-18-16/h2-4,7-9,14-15,20H,5-6,10-11H2,1H3. The highest BCUT2D eigenvalue weighted by Gasteiger charge is 2.46. The number of nitrogens with zero attached hydrogens (tertiary/aromatic N) is 2. The van der Waals surface area contributed by atoms with Crippen LogP contribution in [0, 0.1) is 0 Å². The predicted molar refractivity (Wildman–Crippen MR) is 79.4 cm³/mol. The van der Waals surface area contributed by atoms with Crippen molar-refractivity contribution in [1.82, 2.24) is 9.88 Å². The minimum atomic E-state index is -0.664. The predicted octanol–water partition coefficient (Wildman–Crippen LogP) is 2.68. The van der Waals surface area contributed by atoms with E-state index in [1.807, 2.05) is 18.3 Å². The molecule has 3 nitrogen and oxygen atoms in total. The Kier molecular flexibility index (Phi) is 2.63. The van der Waals surface area contributed by atoms with Crippen molar-refractivity contribution in [3.63, 3.8) is 0 Å². The molecule has 2 aromatic rings. The van der Waals surface area contributed by atoms with Gasteiger partial charge in [-0.2, -0.15) is 0 Å². The molecule has 0 saturated carbocycles. The first-order valence-electron chi connectivity index (χ1n) is 7.45. The Morgan fingerprint density at radius 1 is 1.20 bits per heavy atom. The first-order valence-corrected chi connectivity index (χ1v) is 7.45. The Bertz CT molecular complexity index is 640. The van der Waals surface area contributed by atoms with Crippen molar-refractivity contribution < 1.29 is 5.11 Å². The van der Waals surface area contributed by atoms with E-state index in [9.17, 15) is 5.11 Å². The summed E-state index contributed by atoms with van der Waals surface area (Å²) in [6.07, 6.45) is 5.96. The van der Waals surface area contributed by atoms with Crippen LogP contribution in [0.15, 0.2) is 36.5 Å². The Morgan fingerprint density at radius 2 is 1.95 bits per heavy atom. The number of aromatic nitrogens is 1. The summed E-state index contributed by atoms with van der Waals surface area (Å²) in [6, 6.07) is 11.3. The highest BCUT2D eigenvalue weighted by Crippen LogP contribution is 2.45. The lowest BCUT2D eigenvalue weighted by molar-refractivity contribution is -0.0492. The molecular formula is C17H20N2O. The van der Waals surface area contributed by atoms with E-state index >= 15 is 0 Å². The van der Waals surface area contributed by atoms with Gasteiger partial charge in [0.05, 0.1) is 11.1 Å². The van der Waals surface area contributed by atoms with Crippen molar-refractivity contribution >= 4 is 10.9 Å². The van der Waals surface area contributed by atoms with Gasteiger partial charge < -0.3 is 10.0 Å². The maximum absolute atomic E-state index is 11.2. The molecule has 3 heteroatoms. The van der Waals surface area contributed by atoms with E-state index in [0.29, 0.717) is 12.1 Å². The topological polar surface area (TPSA) is 36.4 Å². The van der Waals surface area contributed by atoms with Gasteiger partial charge >= 0.3 is 0 Å². The van der Waals surface area contributed by atoms with Gasteiger partial charge in [-0.25, -0.2) is 0 Å². The molecule has 20 heavy (non-hydrogen) atoms. The van der Waals surface area contributed by atoms with Crippen LogP contribution < -0.4 is 0 Å². The van der Waals surface area contributed by atoms with Gasteiger partial charge in [0, 0.05) is 23.7 Å². The van der Waals surface area contributed by atoms with Gasteiger partial charge in [0.1, 0.15) is 0 Å². The Hall–Kier alpha value is -1.45. The Morgan fingerprint density at radius 3 is 2.70 bits per heavy atom. The van der Waals surface area contributed by atoms with Gasteiger partial charge in [0.25, 0.3) is 0 Å². The monoisotopic (exact) mass is 268 g/mol. The van der Waals surface area contributed by atoms with E-state index in [-0.39, 0.29) is 0 Å². The lowest BCUT2D eigenvalue weighted by Crippen LogP contribution is -2.47. The number of aliphatic hydroxyl groups is 1. The minimum absolute atomic E-state index is 0.531. The van der Waals surface area contributed by atoms with Crippen LogP contribution >= 0.6 is 0 Å². The van der Waals surface area contributed by atoms with Crippen molar-refractivity contribution in [1.29, 1.82) is 0 Å². The van der Waals surface area contributed by atoms with Gasteiger partial charge in [-0.1, -0.05) is 12.1 Å². The fourth-order valence-corrected chi connectivity index (χ4v) is 4.05. The molecule has 2 bridgehead atoms. The van der Waals surface area contributed by atoms with E-state index in [0.717, 1.165) is 29.3 Å². The van der Waals surface area contributed by atoms with E-state index in [2.05, 4.69) is 35.1 Å². The van der Waals surface area contributed by atoms with Gasteiger partial charge in [-0.05, 0) is 56.5 Å². The third-order valence-electron chi connectivity index (χ3n) is 5.27. The molecular weight excluding hydrogens is 248 g/mol. The molecule has 2 saturated heterocycles. The summed E-state index contributed by atoms with van der Waals surface area (Å²) in [5.41, 5.74) is 1.39. The second kappa shape index (κ2) is 4.27. The average Bonchev–Trinajstić information content (AvgIpc) is 2.70. The molecule has 4 rings (SSSR count). The highest BCUT2D eigenvalue weighted by molar-refractivity contribution is 5.79. The van der Waals surface area contributed by atoms with Crippen LogP contribution in [-0.4, -0.2) is 34.1 Å². The zero-order valence-corrected chi connectivity index (χ0v) is 11.8. The molecule has 1 aromatic carbocycles. The van der Waals surface area contributed by atoms with Crippen molar-refractivity contribution in [2.45, 2.75) is 43.4 Å². The number of hydrogen-bond donors (Lipinski definition) is 1. The molecule has 2 aliphatic heterocycles. The molecule has 1 N–H and O–H groups in total. The molecule has 2 atom stereocenters. The number of pyridine rings is 1. The number of rotatable bonds is 1. The third-order valence-corrected chi connectivity index (χ3v) is 5.27. The van der Waals surface area contributed by atoms with Crippen LogP contribution in [0.4, 0.5) is 0 Å². The summed E-state index contributed by atoms with van der Waals surface area (Å²) >= 11 is 0. The molecule has 0 aliphatic carbocycles. The number of fused-ring (bicyclic) bond motifs is 3. The van der Waals surface area contributed by atoms with E-state index < -0.39 is 5.60 Å². The van der Waals surface area contributed by atoms with Crippen LogP contribution in [0.5, 0.6) is 0 Å². The van der Waals surface area contributed by atoms with Crippen LogP contribution in [-0.2, 0) is 5.60 Å². The van der Waals surface area contributed by atoms with Crippen LogP contribution in [0.2, 0.25) is 0 Å². The third kappa shape index (κ3) is 1.77. The maximum Gasteiger partial charge on any atom is 0.0926 e. The molecule has 0 radical (unpaired) electrons. The van der Waals surface area contributed by atoms with Crippen LogP contribution in [0.3, 0.4) is 0 Å². The van der Waals surface area contributed by atoms with E-state index in [1.54, 1.807) is 0 Å². The summed E-state index contributed by atoms with van der Waals surface area (Å²) < 4.78 is 0. The summed E-state index contributed by atoms with van der Waals surface area (Å²) in [5.74, 6) is 0. The van der Waals surface area contributed by atoms with Crippen molar-refractivity contribution in [3.8, 4) is 0 Å². The molecule has 2 fully saturated rings.